The number of amides is 2. The van der Waals surface area contributed by atoms with Gasteiger partial charge in [0.05, 0.1) is 25.4 Å². The van der Waals surface area contributed by atoms with E-state index >= 15 is 0 Å². The van der Waals surface area contributed by atoms with Gasteiger partial charge in [0, 0.05) is 32.3 Å². The van der Waals surface area contributed by atoms with E-state index in [-0.39, 0.29) is 18.2 Å². The fraction of sp³-hybridized carbons (Fsp3) is 0.824. The molecule has 0 radical (unpaired) electrons. The normalized spacial score (nSPS) is 30.7. The number of ether oxygens (including phenoxy) is 2. The van der Waals surface area contributed by atoms with Crippen molar-refractivity contribution in [1.82, 2.24) is 15.1 Å². The Morgan fingerprint density at radius 1 is 1.30 bits per heavy atom. The molecule has 3 aliphatic heterocycles. The van der Waals surface area contributed by atoms with Gasteiger partial charge in [0.2, 0.25) is 0 Å². The number of hydrogen-bond acceptors (Lipinski definition) is 4. The van der Waals surface area contributed by atoms with Crippen molar-refractivity contribution >= 4 is 6.03 Å². The van der Waals surface area contributed by atoms with E-state index in [4.69, 9.17) is 15.9 Å². The summed E-state index contributed by atoms with van der Waals surface area (Å²) in [5.74, 6) is 2.56. The van der Waals surface area contributed by atoms with E-state index in [2.05, 4.69) is 16.1 Å². The standard InChI is InChI=1S/C17H27N3O3/c1-2-7-20(11-15-6-4-9-22-15)17(21)18-10-16-12-19-8-3-5-14(19)13-23-16/h1,14-16H,3-13H2,(H,18,21)/t14-,15+,16+/m1/s1. The predicted octanol–water partition coefficient (Wildman–Crippen LogP) is 0.673. The largest absolute Gasteiger partial charge is 0.376 e. The molecule has 2 amide bonds. The van der Waals surface area contributed by atoms with Gasteiger partial charge in [-0.3, -0.25) is 4.90 Å². The third-order valence-corrected chi connectivity index (χ3v) is 4.96. The van der Waals surface area contributed by atoms with Crippen LogP contribution in [0.5, 0.6) is 0 Å². The van der Waals surface area contributed by atoms with Gasteiger partial charge in [-0.25, -0.2) is 4.79 Å². The molecule has 128 valence electrons. The van der Waals surface area contributed by atoms with Gasteiger partial charge in [0.15, 0.2) is 0 Å². The Kier molecular flexibility index (Phi) is 5.76. The first kappa shape index (κ1) is 16.6. The smallest absolute Gasteiger partial charge is 0.318 e. The molecule has 23 heavy (non-hydrogen) atoms. The number of terminal acetylenes is 1. The zero-order valence-electron chi connectivity index (χ0n) is 13.7. The van der Waals surface area contributed by atoms with Crippen LogP contribution in [0.3, 0.4) is 0 Å². The molecular formula is C17H27N3O3. The second kappa shape index (κ2) is 8.00. The van der Waals surface area contributed by atoms with Crippen molar-refractivity contribution in [1.29, 1.82) is 0 Å². The van der Waals surface area contributed by atoms with Crippen LogP contribution < -0.4 is 5.32 Å². The Morgan fingerprint density at radius 2 is 2.22 bits per heavy atom. The van der Waals surface area contributed by atoms with Gasteiger partial charge >= 0.3 is 6.03 Å². The number of carbonyl (C=O) groups is 1. The number of rotatable bonds is 5. The topological polar surface area (TPSA) is 54.0 Å². The molecule has 0 saturated carbocycles. The highest BCUT2D eigenvalue weighted by atomic mass is 16.5. The number of urea groups is 1. The van der Waals surface area contributed by atoms with Crippen LogP contribution in [0.4, 0.5) is 4.79 Å². The molecule has 0 aromatic rings. The first-order valence-corrected chi connectivity index (χ1v) is 8.69. The summed E-state index contributed by atoms with van der Waals surface area (Å²) in [6, 6.07) is 0.463. The first-order chi connectivity index (χ1) is 11.3. The number of carbonyl (C=O) groups excluding carboxylic acids is 1. The molecule has 3 saturated heterocycles. The number of hydrogen-bond donors (Lipinski definition) is 1. The molecule has 6 heteroatoms. The minimum atomic E-state index is -0.120. The van der Waals surface area contributed by atoms with E-state index in [1.807, 2.05) is 0 Å². The molecule has 6 nitrogen and oxygen atoms in total. The fourth-order valence-corrected chi connectivity index (χ4v) is 3.69. The molecule has 0 aliphatic carbocycles. The van der Waals surface area contributed by atoms with Crippen LogP contribution in [0.15, 0.2) is 0 Å². The Bertz CT molecular complexity index is 445. The highest BCUT2D eigenvalue weighted by molar-refractivity contribution is 5.74. The van der Waals surface area contributed by atoms with Crippen molar-refractivity contribution in [2.24, 2.45) is 0 Å². The maximum absolute atomic E-state index is 12.4. The number of morpholine rings is 1. The molecule has 0 spiro atoms. The Hall–Kier alpha value is -1.29. The number of fused-ring (bicyclic) bond motifs is 1. The molecular weight excluding hydrogens is 294 g/mol. The Balaban J connectivity index is 1.43. The third-order valence-electron chi connectivity index (χ3n) is 4.96. The van der Waals surface area contributed by atoms with Gasteiger partial charge in [-0.1, -0.05) is 5.92 Å². The average molecular weight is 321 g/mol. The van der Waals surface area contributed by atoms with E-state index < -0.39 is 0 Å². The molecule has 3 atom stereocenters. The van der Waals surface area contributed by atoms with Gasteiger partial charge in [-0.2, -0.15) is 0 Å². The summed E-state index contributed by atoms with van der Waals surface area (Å²) in [5, 5.41) is 2.98. The zero-order valence-corrected chi connectivity index (χ0v) is 13.7. The monoisotopic (exact) mass is 321 g/mol. The summed E-state index contributed by atoms with van der Waals surface area (Å²) in [6.45, 7) is 5.04. The third kappa shape index (κ3) is 4.37. The minimum absolute atomic E-state index is 0.0729. The molecule has 3 fully saturated rings. The molecule has 0 aromatic carbocycles. The van der Waals surface area contributed by atoms with E-state index in [0.29, 0.717) is 25.7 Å². The lowest BCUT2D eigenvalue weighted by atomic mass is 10.2. The van der Waals surface area contributed by atoms with Gasteiger partial charge < -0.3 is 19.7 Å². The van der Waals surface area contributed by atoms with E-state index in [1.165, 1.54) is 12.8 Å². The predicted molar refractivity (Wildman–Crippen MR) is 87.1 cm³/mol. The maximum atomic E-state index is 12.4. The Morgan fingerprint density at radius 3 is 3.00 bits per heavy atom. The quantitative estimate of drug-likeness (QED) is 0.757. The van der Waals surface area contributed by atoms with Gasteiger partial charge in [0.1, 0.15) is 0 Å². The summed E-state index contributed by atoms with van der Waals surface area (Å²) in [5.41, 5.74) is 0. The van der Waals surface area contributed by atoms with Crippen LogP contribution in [0.25, 0.3) is 0 Å². The van der Waals surface area contributed by atoms with Crippen molar-refractivity contribution in [2.45, 2.75) is 43.9 Å². The van der Waals surface area contributed by atoms with Gasteiger partial charge in [-0.05, 0) is 32.2 Å². The van der Waals surface area contributed by atoms with Crippen molar-refractivity contribution < 1.29 is 14.3 Å². The van der Waals surface area contributed by atoms with E-state index in [9.17, 15) is 4.79 Å². The average Bonchev–Trinajstić information content (AvgIpc) is 3.22. The van der Waals surface area contributed by atoms with Crippen LogP contribution in [0.1, 0.15) is 25.7 Å². The number of nitrogens with one attached hydrogen (secondary N) is 1. The summed E-state index contributed by atoms with van der Waals surface area (Å²) >= 11 is 0. The van der Waals surface area contributed by atoms with Crippen molar-refractivity contribution in [3.63, 3.8) is 0 Å². The van der Waals surface area contributed by atoms with Crippen molar-refractivity contribution in [3.8, 4) is 12.3 Å². The molecule has 3 heterocycles. The number of nitrogens with zero attached hydrogens (tertiary/aromatic N) is 2. The van der Waals surface area contributed by atoms with Crippen molar-refractivity contribution in [3.05, 3.63) is 0 Å². The molecule has 3 rings (SSSR count). The lowest BCUT2D eigenvalue weighted by Crippen LogP contribution is -2.52. The van der Waals surface area contributed by atoms with Crippen LogP contribution >= 0.6 is 0 Å². The molecule has 0 aromatic heterocycles. The highest BCUT2D eigenvalue weighted by Gasteiger charge is 2.32. The lowest BCUT2D eigenvalue weighted by molar-refractivity contribution is -0.0461. The molecule has 1 N–H and O–H groups in total. The van der Waals surface area contributed by atoms with Crippen LogP contribution in [0.2, 0.25) is 0 Å². The minimum Gasteiger partial charge on any atom is -0.376 e. The molecule has 0 bridgehead atoms. The molecule has 3 aliphatic rings. The van der Waals surface area contributed by atoms with Crippen LogP contribution in [-0.4, -0.2) is 80.0 Å². The fourth-order valence-electron chi connectivity index (χ4n) is 3.69. The summed E-state index contributed by atoms with van der Waals surface area (Å²) in [6.07, 6.45) is 10.1. The zero-order chi connectivity index (χ0) is 16.1. The summed E-state index contributed by atoms with van der Waals surface area (Å²) < 4.78 is 11.5. The van der Waals surface area contributed by atoms with Gasteiger partial charge in [0.25, 0.3) is 0 Å². The lowest BCUT2D eigenvalue weighted by Gasteiger charge is -2.35. The first-order valence-electron chi connectivity index (χ1n) is 8.69. The Labute approximate surface area is 138 Å². The van der Waals surface area contributed by atoms with Crippen molar-refractivity contribution in [2.75, 3.05) is 45.9 Å². The van der Waals surface area contributed by atoms with Gasteiger partial charge in [-0.15, -0.1) is 6.42 Å². The second-order valence-electron chi connectivity index (χ2n) is 6.65. The van der Waals surface area contributed by atoms with E-state index in [0.717, 1.165) is 39.1 Å². The SMILES string of the molecule is C#CCN(C[C@@H]1CCCO1)C(=O)NC[C@H]1CN2CCC[C@@H]2CO1. The second-order valence-corrected chi connectivity index (χ2v) is 6.65. The van der Waals surface area contributed by atoms with E-state index in [1.54, 1.807) is 4.90 Å². The summed E-state index contributed by atoms with van der Waals surface area (Å²) in [4.78, 5) is 16.5. The highest BCUT2D eigenvalue weighted by Crippen LogP contribution is 2.22. The molecule has 0 unspecified atom stereocenters. The maximum Gasteiger partial charge on any atom is 0.318 e. The van der Waals surface area contributed by atoms with Crippen LogP contribution in [-0.2, 0) is 9.47 Å². The van der Waals surface area contributed by atoms with Crippen LogP contribution in [0, 0.1) is 12.3 Å². The summed E-state index contributed by atoms with van der Waals surface area (Å²) in [7, 11) is 0.